The molecule has 144 valence electrons. The van der Waals surface area contributed by atoms with Crippen LogP contribution in [0.15, 0.2) is 12.3 Å². The molecule has 0 bridgehead atoms. The summed E-state index contributed by atoms with van der Waals surface area (Å²) in [5.74, 6) is -4.66. The van der Waals surface area contributed by atoms with E-state index in [4.69, 9.17) is 4.74 Å². The quantitative estimate of drug-likeness (QED) is 0.667. The normalized spacial score (nSPS) is 19.3. The summed E-state index contributed by atoms with van der Waals surface area (Å²) in [5.41, 5.74) is 0.190. The van der Waals surface area contributed by atoms with Gasteiger partial charge in [0.2, 0.25) is 5.91 Å². The topological polar surface area (TPSA) is 71.5 Å². The second-order valence-electron chi connectivity index (χ2n) is 7.39. The molecule has 2 rings (SSSR count). The molecule has 0 saturated carbocycles. The maximum Gasteiger partial charge on any atom is 0.410 e. The van der Waals surface area contributed by atoms with Crippen LogP contribution in [0.25, 0.3) is 0 Å². The number of carbonyl (C=O) groups excluding carboxylic acids is 2. The fourth-order valence-corrected chi connectivity index (χ4v) is 2.95. The Kier molecular flexibility index (Phi) is 6.09. The van der Waals surface area contributed by atoms with Gasteiger partial charge in [0.25, 0.3) is 5.92 Å². The van der Waals surface area contributed by atoms with Crippen LogP contribution in [0.5, 0.6) is 0 Å². The Bertz CT molecular complexity index is 707. The highest BCUT2D eigenvalue weighted by Crippen LogP contribution is 2.36. The maximum absolute atomic E-state index is 14.2. The van der Waals surface area contributed by atoms with Crippen LogP contribution in [0.3, 0.4) is 0 Å². The van der Waals surface area contributed by atoms with Crippen molar-refractivity contribution in [3.05, 3.63) is 21.4 Å². The van der Waals surface area contributed by atoms with Gasteiger partial charge in [-0.3, -0.25) is 4.79 Å². The van der Waals surface area contributed by atoms with Crippen LogP contribution < -0.4 is 5.32 Å². The van der Waals surface area contributed by atoms with Gasteiger partial charge in [0.1, 0.15) is 11.4 Å². The Morgan fingerprint density at radius 3 is 2.69 bits per heavy atom. The molecule has 1 aromatic rings. The summed E-state index contributed by atoms with van der Waals surface area (Å²) in [4.78, 5) is 29.2. The first-order valence-corrected chi connectivity index (χ1v) is 9.23. The number of alkyl halides is 2. The van der Waals surface area contributed by atoms with Gasteiger partial charge < -0.3 is 15.0 Å². The number of nitrogens with one attached hydrogen (secondary N) is 1. The van der Waals surface area contributed by atoms with Crippen LogP contribution >= 0.6 is 22.6 Å². The molecule has 1 N–H and O–H groups in total. The molecule has 1 aromatic heterocycles. The van der Waals surface area contributed by atoms with Crippen molar-refractivity contribution in [3.63, 3.8) is 0 Å². The number of amides is 2. The molecule has 0 radical (unpaired) electrons. The van der Waals surface area contributed by atoms with E-state index in [1.807, 2.05) is 6.92 Å². The minimum Gasteiger partial charge on any atom is -0.444 e. The van der Waals surface area contributed by atoms with Gasteiger partial charge in [0, 0.05) is 22.7 Å². The third-order valence-corrected chi connectivity index (χ3v) is 4.99. The lowest BCUT2D eigenvalue weighted by Crippen LogP contribution is -2.36. The number of rotatable bonds is 3. The first-order chi connectivity index (χ1) is 11.9. The summed E-state index contributed by atoms with van der Waals surface area (Å²) in [6.07, 6.45) is 0.402. The molecule has 2 amide bonds. The Morgan fingerprint density at radius 2 is 2.12 bits per heavy atom. The SMILES string of the molecule is Cc1cnc(NC(=O)CC2CN(C(=O)OC(C)(C)C)CC2(F)F)cc1I. The van der Waals surface area contributed by atoms with Crippen LogP contribution in [-0.4, -0.2) is 46.5 Å². The number of halogens is 3. The van der Waals surface area contributed by atoms with Gasteiger partial charge in [-0.2, -0.15) is 0 Å². The van der Waals surface area contributed by atoms with Crippen LogP contribution in [0.2, 0.25) is 0 Å². The maximum atomic E-state index is 14.2. The van der Waals surface area contributed by atoms with Gasteiger partial charge in [-0.15, -0.1) is 0 Å². The molecule has 0 aromatic carbocycles. The van der Waals surface area contributed by atoms with Gasteiger partial charge in [0.15, 0.2) is 0 Å². The number of aryl methyl sites for hydroxylation is 1. The molecule has 1 unspecified atom stereocenters. The van der Waals surface area contributed by atoms with Crippen LogP contribution in [0.1, 0.15) is 32.8 Å². The van der Waals surface area contributed by atoms with E-state index in [1.165, 1.54) is 0 Å². The van der Waals surface area contributed by atoms with E-state index < -0.39 is 42.4 Å². The van der Waals surface area contributed by atoms with Crippen LogP contribution in [0, 0.1) is 16.4 Å². The van der Waals surface area contributed by atoms with Gasteiger partial charge in [-0.1, -0.05) is 0 Å². The third-order valence-electron chi connectivity index (χ3n) is 3.83. The summed E-state index contributed by atoms with van der Waals surface area (Å²) in [5, 5.41) is 2.53. The molecule has 1 atom stereocenters. The van der Waals surface area contributed by atoms with E-state index in [9.17, 15) is 18.4 Å². The summed E-state index contributed by atoms with van der Waals surface area (Å²) >= 11 is 2.10. The number of hydrogen-bond acceptors (Lipinski definition) is 4. The van der Waals surface area contributed by atoms with Gasteiger partial charge in [-0.05, 0) is 61.9 Å². The standard InChI is InChI=1S/C17H22F2IN3O3/c1-10-7-21-13(6-12(10)20)22-14(24)5-11-8-23(9-17(11,18)19)15(25)26-16(2,3)4/h6-7,11H,5,8-9H2,1-4H3,(H,21,22,24). The first kappa shape index (κ1) is 20.8. The molecular formula is C17H22F2IN3O3. The molecule has 9 heteroatoms. The number of anilines is 1. The Labute approximate surface area is 164 Å². The van der Waals surface area contributed by atoms with Crippen molar-refractivity contribution in [2.45, 2.75) is 45.6 Å². The van der Waals surface area contributed by atoms with Crippen molar-refractivity contribution in [3.8, 4) is 0 Å². The summed E-state index contributed by atoms with van der Waals surface area (Å²) in [7, 11) is 0. The Hall–Kier alpha value is -1.52. The molecule has 1 aliphatic heterocycles. The average molecular weight is 481 g/mol. The highest BCUT2D eigenvalue weighted by atomic mass is 127. The molecule has 2 heterocycles. The van der Waals surface area contributed by atoms with Gasteiger partial charge in [-0.25, -0.2) is 18.6 Å². The molecule has 1 saturated heterocycles. The zero-order valence-corrected chi connectivity index (χ0v) is 17.3. The number of ether oxygens (including phenoxy) is 1. The smallest absolute Gasteiger partial charge is 0.410 e. The summed E-state index contributed by atoms with van der Waals surface area (Å²) < 4.78 is 34.5. The second-order valence-corrected chi connectivity index (χ2v) is 8.55. The van der Waals surface area contributed by atoms with Gasteiger partial charge in [0.05, 0.1) is 12.5 Å². The highest BCUT2D eigenvalue weighted by molar-refractivity contribution is 14.1. The first-order valence-electron chi connectivity index (χ1n) is 8.15. The lowest BCUT2D eigenvalue weighted by atomic mass is 10.0. The summed E-state index contributed by atoms with van der Waals surface area (Å²) in [6.45, 7) is 5.90. The minimum absolute atomic E-state index is 0.228. The van der Waals surface area contributed by atoms with Crippen molar-refractivity contribution >= 4 is 40.4 Å². The molecule has 6 nitrogen and oxygen atoms in total. The van der Waals surface area contributed by atoms with Crippen molar-refractivity contribution in [1.82, 2.24) is 9.88 Å². The largest absolute Gasteiger partial charge is 0.444 e. The number of pyridine rings is 1. The van der Waals surface area contributed by atoms with E-state index in [-0.39, 0.29) is 6.54 Å². The van der Waals surface area contributed by atoms with Crippen molar-refractivity contribution in [2.24, 2.45) is 5.92 Å². The number of nitrogens with zero attached hydrogens (tertiary/aromatic N) is 2. The van der Waals surface area contributed by atoms with Crippen molar-refractivity contribution in [2.75, 3.05) is 18.4 Å². The van der Waals surface area contributed by atoms with Gasteiger partial charge >= 0.3 is 6.09 Å². The third kappa shape index (κ3) is 5.49. The number of hydrogen-bond donors (Lipinski definition) is 1. The van der Waals surface area contributed by atoms with E-state index in [0.29, 0.717) is 5.82 Å². The zero-order chi connectivity index (χ0) is 19.7. The minimum atomic E-state index is -3.15. The number of likely N-dealkylation sites (tertiary alicyclic amines) is 1. The van der Waals surface area contributed by atoms with E-state index in [1.54, 1.807) is 33.0 Å². The molecule has 26 heavy (non-hydrogen) atoms. The lowest BCUT2D eigenvalue weighted by molar-refractivity contribution is -0.120. The van der Waals surface area contributed by atoms with Crippen molar-refractivity contribution < 1.29 is 23.1 Å². The Morgan fingerprint density at radius 1 is 1.46 bits per heavy atom. The summed E-state index contributed by atoms with van der Waals surface area (Å²) in [6, 6.07) is 1.67. The fourth-order valence-electron chi connectivity index (χ4n) is 2.51. The molecule has 1 fully saturated rings. The molecular weight excluding hydrogens is 459 g/mol. The zero-order valence-electron chi connectivity index (χ0n) is 15.1. The van der Waals surface area contributed by atoms with Crippen LogP contribution in [-0.2, 0) is 9.53 Å². The molecule has 0 spiro atoms. The molecule has 1 aliphatic rings. The average Bonchev–Trinajstić information content (AvgIpc) is 2.76. The number of carbonyl (C=O) groups is 2. The highest BCUT2D eigenvalue weighted by Gasteiger charge is 2.50. The number of aromatic nitrogens is 1. The van der Waals surface area contributed by atoms with E-state index in [2.05, 4.69) is 32.9 Å². The monoisotopic (exact) mass is 481 g/mol. The second kappa shape index (κ2) is 7.61. The predicted molar refractivity (Wildman–Crippen MR) is 101 cm³/mol. The van der Waals surface area contributed by atoms with Crippen molar-refractivity contribution in [1.29, 1.82) is 0 Å². The lowest BCUT2D eigenvalue weighted by Gasteiger charge is -2.24. The molecule has 0 aliphatic carbocycles. The van der Waals surface area contributed by atoms with Crippen LogP contribution in [0.4, 0.5) is 19.4 Å². The van der Waals surface area contributed by atoms with E-state index >= 15 is 0 Å². The van der Waals surface area contributed by atoms with E-state index in [0.717, 1.165) is 14.0 Å². The predicted octanol–water partition coefficient (Wildman–Crippen LogP) is 3.83. The fraction of sp³-hybridized carbons (Fsp3) is 0.588. The Balaban J connectivity index is 1.98.